The summed E-state index contributed by atoms with van der Waals surface area (Å²) in [6.07, 6.45) is 2.62. The lowest BCUT2D eigenvalue weighted by Gasteiger charge is -2.30. The minimum Gasteiger partial charge on any atom is -0.336 e. The van der Waals surface area contributed by atoms with Crippen molar-refractivity contribution in [2.45, 2.75) is 26.8 Å². The number of hydrogen-bond acceptors (Lipinski definition) is 4. The van der Waals surface area contributed by atoms with Crippen molar-refractivity contribution in [2.75, 3.05) is 22.1 Å². The molecule has 28 heavy (non-hydrogen) atoms. The summed E-state index contributed by atoms with van der Waals surface area (Å²) in [7, 11) is 0. The minimum absolute atomic E-state index is 0.235. The zero-order valence-electron chi connectivity index (χ0n) is 16.1. The molecule has 2 N–H and O–H groups in total. The van der Waals surface area contributed by atoms with E-state index in [0.717, 1.165) is 48.1 Å². The molecule has 6 nitrogen and oxygen atoms in total. The fraction of sp³-hybridized carbons (Fsp3) is 0.227. The van der Waals surface area contributed by atoms with Crippen LogP contribution in [0.4, 0.5) is 22.1 Å². The van der Waals surface area contributed by atoms with Gasteiger partial charge >= 0.3 is 6.03 Å². The molecule has 1 aliphatic rings. The van der Waals surface area contributed by atoms with Crippen molar-refractivity contribution in [3.8, 4) is 0 Å². The van der Waals surface area contributed by atoms with E-state index in [0.29, 0.717) is 0 Å². The molecule has 2 aromatic carbocycles. The summed E-state index contributed by atoms with van der Waals surface area (Å²) in [5, 5.41) is 5.88. The molecule has 0 fully saturated rings. The number of aryl methyl sites for hydroxylation is 2. The van der Waals surface area contributed by atoms with Gasteiger partial charge in [-0.3, -0.25) is 0 Å². The van der Waals surface area contributed by atoms with Gasteiger partial charge < -0.3 is 15.5 Å². The second kappa shape index (κ2) is 7.68. The normalized spacial score (nSPS) is 13.0. The summed E-state index contributed by atoms with van der Waals surface area (Å²) in [4.78, 5) is 23.5. The van der Waals surface area contributed by atoms with Crippen molar-refractivity contribution in [1.29, 1.82) is 0 Å². The Labute approximate surface area is 164 Å². The van der Waals surface area contributed by atoms with Crippen molar-refractivity contribution in [1.82, 2.24) is 9.97 Å². The zero-order chi connectivity index (χ0) is 19.5. The molecule has 0 spiro atoms. The molecular weight excluding hydrogens is 350 g/mol. The zero-order valence-corrected chi connectivity index (χ0v) is 16.1. The average Bonchev–Trinajstić information content (AvgIpc) is 2.69. The molecule has 3 aromatic rings. The molecule has 0 atom stereocenters. The van der Waals surface area contributed by atoms with Crippen molar-refractivity contribution >= 4 is 23.4 Å². The molecule has 142 valence electrons. The van der Waals surface area contributed by atoms with Crippen LogP contribution in [0, 0.1) is 13.8 Å². The first kappa shape index (κ1) is 18.0. The third kappa shape index (κ3) is 3.96. The number of rotatable bonds is 3. The molecule has 6 heteroatoms. The first-order chi connectivity index (χ1) is 13.6. The summed E-state index contributed by atoms with van der Waals surface area (Å²) >= 11 is 0. The van der Waals surface area contributed by atoms with E-state index in [9.17, 15) is 4.79 Å². The fourth-order valence-corrected chi connectivity index (χ4v) is 3.41. The highest BCUT2D eigenvalue weighted by molar-refractivity contribution is 6.00. The Morgan fingerprint density at radius 3 is 2.64 bits per heavy atom. The van der Waals surface area contributed by atoms with Crippen molar-refractivity contribution < 1.29 is 4.79 Å². The van der Waals surface area contributed by atoms with E-state index >= 15 is 0 Å². The van der Waals surface area contributed by atoms with Gasteiger partial charge in [-0.15, -0.1) is 0 Å². The molecular formula is C22H23N5O. The third-order valence-electron chi connectivity index (χ3n) is 4.89. The number of hydrogen-bond donors (Lipinski definition) is 2. The minimum atomic E-state index is -0.235. The quantitative estimate of drug-likeness (QED) is 0.718. The molecule has 0 radical (unpaired) electrons. The van der Waals surface area contributed by atoms with Crippen LogP contribution < -0.4 is 15.5 Å². The second-order valence-electron chi connectivity index (χ2n) is 7.06. The topological polar surface area (TPSA) is 70.2 Å². The Kier molecular flexibility index (Phi) is 4.93. The van der Waals surface area contributed by atoms with Gasteiger partial charge in [-0.05, 0) is 55.7 Å². The Morgan fingerprint density at radius 2 is 1.86 bits per heavy atom. The highest BCUT2D eigenvalue weighted by Crippen LogP contribution is 2.28. The van der Waals surface area contributed by atoms with Crippen molar-refractivity contribution in [3.63, 3.8) is 0 Å². The predicted molar refractivity (Wildman–Crippen MR) is 112 cm³/mol. The van der Waals surface area contributed by atoms with Crippen molar-refractivity contribution in [2.24, 2.45) is 0 Å². The van der Waals surface area contributed by atoms with Gasteiger partial charge in [0, 0.05) is 36.4 Å². The van der Waals surface area contributed by atoms with Gasteiger partial charge in [-0.25, -0.2) is 14.8 Å². The largest absolute Gasteiger partial charge is 0.336 e. The lowest BCUT2D eigenvalue weighted by Crippen LogP contribution is -2.32. The summed E-state index contributed by atoms with van der Waals surface area (Å²) in [6, 6.07) is 15.4. The number of aromatic nitrogens is 2. The van der Waals surface area contributed by atoms with Gasteiger partial charge in [0.25, 0.3) is 0 Å². The number of nitrogens with one attached hydrogen (secondary N) is 2. The number of benzene rings is 2. The number of amides is 2. The van der Waals surface area contributed by atoms with Gasteiger partial charge in [-0.2, -0.15) is 0 Å². The summed E-state index contributed by atoms with van der Waals surface area (Å²) in [5.74, 6) is 0.751. The lowest BCUT2D eigenvalue weighted by molar-refractivity contribution is 0.262. The Morgan fingerprint density at radius 1 is 1.04 bits per heavy atom. The summed E-state index contributed by atoms with van der Waals surface area (Å²) < 4.78 is 0. The molecule has 1 aliphatic heterocycles. The Bertz CT molecular complexity index is 1000. The maximum atomic E-state index is 12.4. The number of carbonyl (C=O) groups is 1. The van der Waals surface area contributed by atoms with Crippen LogP contribution >= 0.6 is 0 Å². The first-order valence-corrected chi connectivity index (χ1v) is 9.38. The van der Waals surface area contributed by atoms with E-state index in [1.165, 1.54) is 11.1 Å². The predicted octanol–water partition coefficient (Wildman–Crippen LogP) is 4.30. The SMILES string of the molecule is Cc1ccc(NC(=O)Nc2cccc3c2CCN(c2nccc(C)n2)C3)cc1. The smallest absolute Gasteiger partial charge is 0.323 e. The summed E-state index contributed by atoms with van der Waals surface area (Å²) in [5.41, 5.74) is 6.10. The Balaban J connectivity index is 1.48. The molecule has 2 heterocycles. The van der Waals surface area contributed by atoms with Crippen molar-refractivity contribution in [3.05, 3.63) is 77.1 Å². The van der Waals surface area contributed by atoms with E-state index in [2.05, 4.69) is 31.6 Å². The molecule has 2 amide bonds. The van der Waals surface area contributed by atoms with Crippen LogP contribution in [0.1, 0.15) is 22.4 Å². The van der Waals surface area contributed by atoms with E-state index in [-0.39, 0.29) is 6.03 Å². The highest BCUT2D eigenvalue weighted by atomic mass is 16.2. The van der Waals surface area contributed by atoms with E-state index in [1.807, 2.05) is 56.3 Å². The number of urea groups is 1. The molecule has 0 unspecified atom stereocenters. The number of carbonyl (C=O) groups excluding carboxylic acids is 1. The molecule has 0 saturated heterocycles. The highest BCUT2D eigenvalue weighted by Gasteiger charge is 2.21. The number of anilines is 3. The second-order valence-corrected chi connectivity index (χ2v) is 7.06. The van der Waals surface area contributed by atoms with Crippen LogP contribution in [0.2, 0.25) is 0 Å². The van der Waals surface area contributed by atoms with Gasteiger partial charge in [0.05, 0.1) is 0 Å². The van der Waals surface area contributed by atoms with Crippen LogP contribution in [0.3, 0.4) is 0 Å². The van der Waals surface area contributed by atoms with Crippen LogP contribution in [0.5, 0.6) is 0 Å². The van der Waals surface area contributed by atoms with Gasteiger partial charge in [-0.1, -0.05) is 29.8 Å². The maximum absolute atomic E-state index is 12.4. The third-order valence-corrected chi connectivity index (χ3v) is 4.89. The molecule has 0 bridgehead atoms. The van der Waals surface area contributed by atoms with Gasteiger partial charge in [0.2, 0.25) is 5.95 Å². The number of nitrogens with zero attached hydrogens (tertiary/aromatic N) is 3. The van der Waals surface area contributed by atoms with Gasteiger partial charge in [0.1, 0.15) is 0 Å². The van der Waals surface area contributed by atoms with Crippen LogP contribution in [0.15, 0.2) is 54.7 Å². The van der Waals surface area contributed by atoms with Crippen LogP contribution in [-0.4, -0.2) is 22.5 Å². The molecule has 0 saturated carbocycles. The van der Waals surface area contributed by atoms with Crippen LogP contribution in [0.25, 0.3) is 0 Å². The van der Waals surface area contributed by atoms with E-state index < -0.39 is 0 Å². The molecule has 1 aromatic heterocycles. The molecule has 4 rings (SSSR count). The average molecular weight is 373 g/mol. The lowest BCUT2D eigenvalue weighted by atomic mass is 9.98. The maximum Gasteiger partial charge on any atom is 0.323 e. The number of fused-ring (bicyclic) bond motifs is 1. The summed E-state index contributed by atoms with van der Waals surface area (Å²) in [6.45, 7) is 5.53. The fourth-order valence-electron chi connectivity index (χ4n) is 3.41. The Hall–Kier alpha value is -3.41. The van der Waals surface area contributed by atoms with Crippen LogP contribution in [-0.2, 0) is 13.0 Å². The van der Waals surface area contributed by atoms with E-state index in [1.54, 1.807) is 6.20 Å². The standard InChI is InChI=1S/C22H23N5O/c1-15-6-8-18(9-7-15)25-22(28)26-20-5-3-4-17-14-27(13-11-19(17)20)21-23-12-10-16(2)24-21/h3-10,12H,11,13-14H2,1-2H3,(H2,25,26,28). The molecule has 0 aliphatic carbocycles. The van der Waals surface area contributed by atoms with Gasteiger partial charge in [0.15, 0.2) is 0 Å². The monoisotopic (exact) mass is 373 g/mol. The van der Waals surface area contributed by atoms with E-state index in [4.69, 9.17) is 0 Å². The first-order valence-electron chi connectivity index (χ1n) is 9.38.